The maximum atomic E-state index is 14.9. The first-order valence-electron chi connectivity index (χ1n) is 9.91. The van der Waals surface area contributed by atoms with Crippen molar-refractivity contribution in [3.63, 3.8) is 0 Å². The number of hydrogen-bond acceptors (Lipinski definition) is 0. The fourth-order valence-corrected chi connectivity index (χ4v) is 3.83. The van der Waals surface area contributed by atoms with Crippen LogP contribution in [-0.4, -0.2) is 0 Å². The summed E-state index contributed by atoms with van der Waals surface area (Å²) < 4.78 is 124. The highest BCUT2D eigenvalue weighted by Crippen LogP contribution is 2.46. The van der Waals surface area contributed by atoms with E-state index in [4.69, 9.17) is 0 Å². The minimum atomic E-state index is -5.37. The summed E-state index contributed by atoms with van der Waals surface area (Å²) in [4.78, 5) is 0. The summed E-state index contributed by atoms with van der Waals surface area (Å²) in [6, 6.07) is 13.8. The lowest BCUT2D eigenvalue weighted by Gasteiger charge is -2.20. The lowest BCUT2D eigenvalue weighted by atomic mass is 9.89. The molecule has 4 aromatic rings. The van der Waals surface area contributed by atoms with Crippen LogP contribution in [-0.2, 0) is 12.4 Å². The van der Waals surface area contributed by atoms with Gasteiger partial charge in [0.2, 0.25) is 0 Å². The van der Waals surface area contributed by atoms with Gasteiger partial charge in [0, 0.05) is 17.2 Å². The summed E-state index contributed by atoms with van der Waals surface area (Å²) in [7, 11) is 0. The van der Waals surface area contributed by atoms with E-state index in [1.54, 1.807) is 0 Å². The Hall–Kier alpha value is -3.75. The number of alkyl halides is 6. The summed E-state index contributed by atoms with van der Waals surface area (Å²) in [6.07, 6.45) is -10.7. The Balaban J connectivity index is 1.98. The van der Waals surface area contributed by atoms with Gasteiger partial charge in [-0.15, -0.1) is 0 Å². The van der Waals surface area contributed by atoms with Crippen molar-refractivity contribution in [3.05, 3.63) is 107 Å². The van der Waals surface area contributed by atoms with Gasteiger partial charge in [-0.1, -0.05) is 42.5 Å². The molecule has 1 radical (unpaired) electrons. The van der Waals surface area contributed by atoms with Crippen LogP contribution < -0.4 is 0 Å². The lowest BCUT2D eigenvalue weighted by Crippen LogP contribution is -2.17. The summed E-state index contributed by atoms with van der Waals surface area (Å²) in [5.74, 6) is -2.51. The van der Waals surface area contributed by atoms with Gasteiger partial charge in [0.1, 0.15) is 17.5 Å². The van der Waals surface area contributed by atoms with Crippen molar-refractivity contribution in [2.24, 2.45) is 0 Å². The smallest absolute Gasteiger partial charge is 0.207 e. The molecule has 0 fully saturated rings. The van der Waals surface area contributed by atoms with Gasteiger partial charge < -0.3 is 0 Å². The first kappa shape index (κ1) is 24.4. The van der Waals surface area contributed by atoms with Crippen LogP contribution in [0.3, 0.4) is 0 Å². The average molecular weight is 495 g/mol. The zero-order chi connectivity index (χ0) is 25.5. The Morgan fingerprint density at radius 2 is 1.26 bits per heavy atom. The molecule has 0 nitrogen and oxygen atoms in total. The van der Waals surface area contributed by atoms with Crippen molar-refractivity contribution in [3.8, 4) is 33.4 Å². The molecule has 0 aromatic heterocycles. The molecule has 179 valence electrons. The van der Waals surface area contributed by atoms with Crippen LogP contribution in [0.5, 0.6) is 0 Å². The van der Waals surface area contributed by atoms with Crippen LogP contribution in [0, 0.1) is 23.5 Å². The summed E-state index contributed by atoms with van der Waals surface area (Å²) in [6.45, 7) is 0. The van der Waals surface area contributed by atoms with E-state index in [2.05, 4.69) is 6.07 Å². The molecule has 35 heavy (non-hydrogen) atoms. The van der Waals surface area contributed by atoms with Crippen LogP contribution in [0.4, 0.5) is 39.5 Å². The third kappa shape index (κ3) is 4.76. The molecule has 0 bridgehead atoms. The Bertz CT molecular complexity index is 1380. The molecule has 0 saturated heterocycles. The summed E-state index contributed by atoms with van der Waals surface area (Å²) in [5, 5.41) is 0. The summed E-state index contributed by atoms with van der Waals surface area (Å²) in [5.41, 5.74) is -5.53. The van der Waals surface area contributed by atoms with Gasteiger partial charge in [-0.25, -0.2) is 13.2 Å². The van der Waals surface area contributed by atoms with Gasteiger partial charge in [-0.2, -0.15) is 26.3 Å². The fourth-order valence-electron chi connectivity index (χ4n) is 3.83. The van der Waals surface area contributed by atoms with Gasteiger partial charge in [0.15, 0.2) is 0 Å². The lowest BCUT2D eigenvalue weighted by molar-refractivity contribution is -0.161. The molecule has 4 rings (SSSR count). The van der Waals surface area contributed by atoms with E-state index >= 15 is 0 Å². The molecule has 9 heteroatoms. The molecule has 4 aromatic carbocycles. The SMILES string of the molecule is Fc1ccc(-c2c(F)[c]ccc2-c2cc(-c3cccc(C(F)(F)F)c3C(F)(F)F)ccc2F)cc1. The number of halogens is 9. The predicted octanol–water partition coefficient (Wildman–Crippen LogP) is 8.94. The molecule has 0 N–H and O–H groups in total. The molecule has 0 aliphatic heterocycles. The molecule has 0 aliphatic carbocycles. The maximum absolute atomic E-state index is 14.9. The average Bonchev–Trinajstić information content (AvgIpc) is 2.78. The Kier molecular flexibility index (Phi) is 6.12. The zero-order valence-corrected chi connectivity index (χ0v) is 17.3. The van der Waals surface area contributed by atoms with Gasteiger partial charge in [0.05, 0.1) is 11.1 Å². The first-order chi connectivity index (χ1) is 16.4. The van der Waals surface area contributed by atoms with Crippen LogP contribution in [0.25, 0.3) is 33.4 Å². The molecular formula is C26H12F9. The zero-order valence-electron chi connectivity index (χ0n) is 17.3. The van der Waals surface area contributed by atoms with E-state index in [0.717, 1.165) is 48.5 Å². The molecule has 0 atom stereocenters. The monoisotopic (exact) mass is 495 g/mol. The van der Waals surface area contributed by atoms with Gasteiger partial charge in [-0.3, -0.25) is 0 Å². The quantitative estimate of drug-likeness (QED) is 0.249. The largest absolute Gasteiger partial charge is 0.417 e. The van der Waals surface area contributed by atoms with E-state index in [0.29, 0.717) is 6.07 Å². The van der Waals surface area contributed by atoms with E-state index in [9.17, 15) is 39.5 Å². The van der Waals surface area contributed by atoms with Crippen molar-refractivity contribution in [2.45, 2.75) is 12.4 Å². The topological polar surface area (TPSA) is 0 Å². The van der Waals surface area contributed by atoms with E-state index in [1.165, 1.54) is 18.2 Å². The molecule has 0 saturated carbocycles. The highest BCUT2D eigenvalue weighted by molar-refractivity contribution is 5.86. The summed E-state index contributed by atoms with van der Waals surface area (Å²) >= 11 is 0. The van der Waals surface area contributed by atoms with E-state index in [-0.39, 0.29) is 27.8 Å². The second-order valence-corrected chi connectivity index (χ2v) is 7.51. The van der Waals surface area contributed by atoms with Crippen molar-refractivity contribution in [2.75, 3.05) is 0 Å². The first-order valence-corrected chi connectivity index (χ1v) is 9.91. The third-order valence-corrected chi connectivity index (χ3v) is 5.30. The van der Waals surface area contributed by atoms with Crippen molar-refractivity contribution in [1.29, 1.82) is 0 Å². The van der Waals surface area contributed by atoms with Gasteiger partial charge in [-0.05, 0) is 52.6 Å². The Morgan fingerprint density at radius 3 is 1.89 bits per heavy atom. The van der Waals surface area contributed by atoms with Crippen LogP contribution in [0.15, 0.2) is 72.8 Å². The number of hydrogen-bond donors (Lipinski definition) is 0. The van der Waals surface area contributed by atoms with Crippen molar-refractivity contribution in [1.82, 2.24) is 0 Å². The molecule has 0 spiro atoms. The fraction of sp³-hybridized carbons (Fsp3) is 0.0769. The minimum Gasteiger partial charge on any atom is -0.207 e. The Labute approximate surface area is 193 Å². The van der Waals surface area contributed by atoms with Crippen LogP contribution in [0.2, 0.25) is 0 Å². The molecule has 0 heterocycles. The molecular weight excluding hydrogens is 483 g/mol. The highest BCUT2D eigenvalue weighted by atomic mass is 19.4. The normalized spacial score (nSPS) is 12.1. The van der Waals surface area contributed by atoms with Gasteiger partial charge in [0.25, 0.3) is 0 Å². The standard InChI is InChI=1S/C26H12F9/c27-16-10-7-14(8-11-16)23-18(4-2-6-22(23)29)19-13-15(9-12-21(19)28)17-3-1-5-20(25(30,31)32)24(17)26(33,34)35/h1-5,7-13H. The Morgan fingerprint density at radius 1 is 0.600 bits per heavy atom. The molecule has 0 amide bonds. The van der Waals surface area contributed by atoms with Gasteiger partial charge >= 0.3 is 12.4 Å². The van der Waals surface area contributed by atoms with Crippen molar-refractivity contribution >= 4 is 0 Å². The number of rotatable bonds is 3. The van der Waals surface area contributed by atoms with E-state index < -0.39 is 46.5 Å². The van der Waals surface area contributed by atoms with Crippen molar-refractivity contribution < 1.29 is 39.5 Å². The van der Waals surface area contributed by atoms with Crippen LogP contribution in [0.1, 0.15) is 11.1 Å². The van der Waals surface area contributed by atoms with E-state index in [1.807, 2.05) is 0 Å². The molecule has 0 aliphatic rings. The second-order valence-electron chi connectivity index (χ2n) is 7.51. The maximum Gasteiger partial charge on any atom is 0.417 e. The van der Waals surface area contributed by atoms with Crippen LogP contribution >= 0.6 is 0 Å². The minimum absolute atomic E-state index is 0.104. The molecule has 0 unspecified atom stereocenters. The predicted molar refractivity (Wildman–Crippen MR) is 111 cm³/mol. The third-order valence-electron chi connectivity index (χ3n) is 5.30. The number of benzene rings is 4. The second kappa shape index (κ2) is 8.79. The highest BCUT2D eigenvalue weighted by Gasteiger charge is 2.44.